The number of rotatable bonds is 0. The molecule has 0 fully saturated rings. The Morgan fingerprint density at radius 3 is 1.92 bits per heavy atom. The van der Waals surface area contributed by atoms with Crippen LogP contribution in [0.4, 0.5) is 13.2 Å². The van der Waals surface area contributed by atoms with Gasteiger partial charge in [-0.1, -0.05) is 0 Å². The highest BCUT2D eigenvalue weighted by molar-refractivity contribution is 5.62. The molecule has 0 saturated heterocycles. The van der Waals surface area contributed by atoms with Crippen LogP contribution in [-0.2, 0) is 0 Å². The highest BCUT2D eigenvalue weighted by atomic mass is 19.3. The average Bonchev–Trinajstić information content (AvgIpc) is 2.26. The lowest BCUT2D eigenvalue weighted by atomic mass is 10.1. The van der Waals surface area contributed by atoms with E-state index in [-0.39, 0.29) is 0 Å². The Kier molecular flexibility index (Phi) is 1.89. The van der Waals surface area contributed by atoms with Crippen molar-refractivity contribution in [1.29, 1.82) is 10.5 Å². The summed E-state index contributed by atoms with van der Waals surface area (Å²) in [5.74, 6) is -5.63. The van der Waals surface area contributed by atoms with E-state index in [9.17, 15) is 13.2 Å². The molecule has 0 atom stereocenters. The second-order valence-electron chi connectivity index (χ2n) is 2.49. The van der Waals surface area contributed by atoms with Crippen LogP contribution in [0.15, 0.2) is 22.5 Å². The van der Waals surface area contributed by atoms with Gasteiger partial charge in [-0.3, -0.25) is 0 Å². The van der Waals surface area contributed by atoms with Gasteiger partial charge in [0.2, 0.25) is 0 Å². The molecular formula is C8H3F3N2. The van der Waals surface area contributed by atoms with Crippen molar-refractivity contribution in [2.45, 2.75) is 12.8 Å². The van der Waals surface area contributed by atoms with Gasteiger partial charge in [-0.05, 0) is 6.92 Å². The number of nitrogens with zero attached hydrogens (tertiary/aromatic N) is 2. The molecule has 0 aromatic heterocycles. The zero-order valence-electron chi connectivity index (χ0n) is 6.53. The Morgan fingerprint density at radius 1 is 1.15 bits per heavy atom. The normalized spacial score (nSPS) is 20.2. The third-order valence-corrected chi connectivity index (χ3v) is 1.81. The molecule has 1 rings (SSSR count). The van der Waals surface area contributed by atoms with Crippen LogP contribution in [-0.4, -0.2) is 5.92 Å². The Balaban J connectivity index is 3.48. The Morgan fingerprint density at radius 2 is 1.62 bits per heavy atom. The smallest absolute Gasteiger partial charge is 0.203 e. The van der Waals surface area contributed by atoms with E-state index in [4.69, 9.17) is 10.5 Å². The summed E-state index contributed by atoms with van der Waals surface area (Å²) < 4.78 is 38.4. The molecule has 0 unspecified atom stereocenters. The molecule has 0 heterocycles. The van der Waals surface area contributed by atoms with Crippen molar-refractivity contribution >= 4 is 0 Å². The average molecular weight is 184 g/mol. The van der Waals surface area contributed by atoms with Crippen LogP contribution in [0, 0.1) is 22.7 Å². The lowest BCUT2D eigenvalue weighted by molar-refractivity contribution is 0.0611. The quantitative estimate of drug-likeness (QED) is 0.579. The summed E-state index contributed by atoms with van der Waals surface area (Å²) in [6.45, 7) is 0.933. The van der Waals surface area contributed by atoms with E-state index in [0.29, 0.717) is 0 Å². The van der Waals surface area contributed by atoms with Gasteiger partial charge in [0.1, 0.15) is 17.7 Å². The maximum atomic E-state index is 12.8. The van der Waals surface area contributed by atoms with E-state index < -0.39 is 28.5 Å². The molecule has 0 saturated carbocycles. The molecule has 0 bridgehead atoms. The number of halogens is 3. The molecule has 0 radical (unpaired) electrons. The lowest BCUT2D eigenvalue weighted by Crippen LogP contribution is -2.15. The summed E-state index contributed by atoms with van der Waals surface area (Å²) in [6, 6.07) is 2.62. The summed E-state index contributed by atoms with van der Waals surface area (Å²) in [6.07, 6.45) is 0. The lowest BCUT2D eigenvalue weighted by Gasteiger charge is -2.08. The maximum absolute atomic E-state index is 12.8. The molecule has 0 aromatic rings. The number of allylic oxidation sites excluding steroid dienone is 4. The minimum absolute atomic E-state index is 0.565. The first kappa shape index (κ1) is 9.34. The zero-order chi connectivity index (χ0) is 10.2. The van der Waals surface area contributed by atoms with Crippen molar-refractivity contribution in [2.75, 3.05) is 0 Å². The molecule has 0 aliphatic heterocycles. The third kappa shape index (κ3) is 1.01. The monoisotopic (exact) mass is 184 g/mol. The van der Waals surface area contributed by atoms with Crippen LogP contribution in [0.25, 0.3) is 0 Å². The van der Waals surface area contributed by atoms with E-state index in [0.717, 1.165) is 6.92 Å². The second kappa shape index (κ2) is 2.63. The fourth-order valence-corrected chi connectivity index (χ4v) is 1.02. The molecule has 0 spiro atoms. The fraction of sp³-hybridized carbons (Fsp3) is 0.250. The van der Waals surface area contributed by atoms with Crippen molar-refractivity contribution in [1.82, 2.24) is 0 Å². The van der Waals surface area contributed by atoms with Gasteiger partial charge in [0.25, 0.3) is 0 Å². The third-order valence-electron chi connectivity index (χ3n) is 1.81. The number of nitriles is 2. The molecule has 1 aliphatic carbocycles. The van der Waals surface area contributed by atoms with Gasteiger partial charge in [-0.2, -0.15) is 19.3 Å². The molecule has 0 N–H and O–H groups in total. The van der Waals surface area contributed by atoms with Crippen LogP contribution in [0.1, 0.15) is 6.92 Å². The summed E-state index contributed by atoms with van der Waals surface area (Å²) in [5.41, 5.74) is -2.13. The minimum atomic E-state index is -3.80. The Hall–Kier alpha value is -1.75. The van der Waals surface area contributed by atoms with E-state index in [1.54, 1.807) is 0 Å². The molecule has 0 aromatic carbocycles. The van der Waals surface area contributed by atoms with Crippen molar-refractivity contribution in [3.8, 4) is 12.1 Å². The molecule has 66 valence electrons. The van der Waals surface area contributed by atoms with E-state index >= 15 is 0 Å². The van der Waals surface area contributed by atoms with Gasteiger partial charge in [0, 0.05) is 5.57 Å². The standard InChI is InChI=1S/C8H3F3N2/c1-4-5(2-12)6(3-13)7(9)8(4,10)11/h1H3. The highest BCUT2D eigenvalue weighted by Crippen LogP contribution is 2.44. The van der Waals surface area contributed by atoms with Crippen LogP contribution >= 0.6 is 0 Å². The molecule has 1 aliphatic rings. The molecular weight excluding hydrogens is 181 g/mol. The van der Waals surface area contributed by atoms with Gasteiger partial charge >= 0.3 is 5.92 Å². The van der Waals surface area contributed by atoms with Gasteiger partial charge in [-0.25, -0.2) is 4.39 Å². The van der Waals surface area contributed by atoms with Crippen molar-refractivity contribution in [3.63, 3.8) is 0 Å². The van der Waals surface area contributed by atoms with Crippen LogP contribution < -0.4 is 0 Å². The first-order valence-electron chi connectivity index (χ1n) is 3.26. The van der Waals surface area contributed by atoms with E-state index in [2.05, 4.69) is 0 Å². The van der Waals surface area contributed by atoms with Crippen molar-refractivity contribution in [2.24, 2.45) is 0 Å². The van der Waals surface area contributed by atoms with Crippen LogP contribution in [0.2, 0.25) is 0 Å². The Bertz CT molecular complexity index is 366. The summed E-state index contributed by atoms with van der Waals surface area (Å²) in [4.78, 5) is 0. The van der Waals surface area contributed by atoms with Crippen LogP contribution in [0.3, 0.4) is 0 Å². The van der Waals surface area contributed by atoms with Crippen molar-refractivity contribution < 1.29 is 13.2 Å². The fourth-order valence-electron chi connectivity index (χ4n) is 1.02. The van der Waals surface area contributed by atoms with Gasteiger partial charge < -0.3 is 0 Å². The summed E-state index contributed by atoms with van der Waals surface area (Å²) in [5, 5.41) is 16.7. The summed E-state index contributed by atoms with van der Waals surface area (Å²) >= 11 is 0. The first-order valence-corrected chi connectivity index (χ1v) is 3.26. The zero-order valence-corrected chi connectivity index (χ0v) is 6.53. The number of hydrogen-bond acceptors (Lipinski definition) is 2. The predicted octanol–water partition coefficient (Wildman–Crippen LogP) is 2.22. The topological polar surface area (TPSA) is 47.6 Å². The number of alkyl halides is 2. The van der Waals surface area contributed by atoms with Gasteiger partial charge in [0.05, 0.1) is 5.57 Å². The van der Waals surface area contributed by atoms with E-state index in [1.165, 1.54) is 12.1 Å². The predicted molar refractivity (Wildman–Crippen MR) is 37.0 cm³/mol. The molecule has 2 nitrogen and oxygen atoms in total. The first-order chi connectivity index (χ1) is 5.96. The van der Waals surface area contributed by atoms with Gasteiger partial charge in [0.15, 0.2) is 5.83 Å². The molecule has 0 amide bonds. The number of hydrogen-bond donors (Lipinski definition) is 0. The van der Waals surface area contributed by atoms with Gasteiger partial charge in [-0.15, -0.1) is 0 Å². The highest BCUT2D eigenvalue weighted by Gasteiger charge is 2.47. The molecule has 13 heavy (non-hydrogen) atoms. The van der Waals surface area contributed by atoms with Crippen molar-refractivity contribution in [3.05, 3.63) is 22.5 Å². The summed E-state index contributed by atoms with van der Waals surface area (Å²) in [7, 11) is 0. The van der Waals surface area contributed by atoms with Crippen LogP contribution in [0.5, 0.6) is 0 Å². The minimum Gasteiger partial charge on any atom is -0.203 e. The largest absolute Gasteiger partial charge is 0.322 e. The SMILES string of the molecule is CC1=C(C#N)C(C#N)=C(F)C1(F)F. The molecule has 5 heteroatoms. The second-order valence-corrected chi connectivity index (χ2v) is 2.49. The van der Waals surface area contributed by atoms with E-state index in [1.807, 2.05) is 0 Å². The Labute approximate surface area is 72.2 Å². The maximum Gasteiger partial charge on any atom is 0.322 e.